The van der Waals surface area contributed by atoms with Gasteiger partial charge in [-0.25, -0.2) is 4.79 Å². The van der Waals surface area contributed by atoms with E-state index in [2.05, 4.69) is 45.4 Å². The Labute approximate surface area is 213 Å². The van der Waals surface area contributed by atoms with Crippen molar-refractivity contribution in [1.29, 1.82) is 0 Å². The molecule has 1 saturated carbocycles. The first-order valence-electron chi connectivity index (χ1n) is 12.8. The molecule has 1 fully saturated rings. The molecule has 0 atom stereocenters. The van der Waals surface area contributed by atoms with Crippen molar-refractivity contribution >= 4 is 14.2 Å². The largest absolute Gasteiger partial charge is 0.412 e. The lowest BCUT2D eigenvalue weighted by Gasteiger charge is -2.21. The van der Waals surface area contributed by atoms with Crippen molar-refractivity contribution < 1.29 is 19.1 Å². The zero-order chi connectivity index (χ0) is 25.4. The number of carbonyl (C=O) groups is 1. The van der Waals surface area contributed by atoms with E-state index in [1.807, 2.05) is 24.3 Å². The molecule has 2 aromatic heterocycles. The number of aromatic amines is 1. The maximum Gasteiger partial charge on any atom is 0.412 e. The number of H-pyrrole nitrogens is 1. The molecule has 2 heterocycles. The van der Waals surface area contributed by atoms with Gasteiger partial charge in [-0.2, -0.15) is 0 Å². The second kappa shape index (κ2) is 12.2. The normalized spacial score (nSPS) is 14.5. The van der Waals surface area contributed by atoms with Crippen LogP contribution in [0.15, 0.2) is 42.7 Å². The SMILES string of the molecule is C[Si](C)(C)CCOC[n+]1nc(-c2cncc(-c3cccc(OC(=O)NCC4CCCCC4)c3)c2)n[nH]1. The van der Waals surface area contributed by atoms with Crippen LogP contribution in [0.3, 0.4) is 0 Å². The Balaban J connectivity index is 1.35. The monoisotopic (exact) mass is 509 g/mol. The molecule has 192 valence electrons. The molecule has 0 bridgehead atoms. The number of nitrogens with one attached hydrogen (secondary N) is 2. The first-order valence-corrected chi connectivity index (χ1v) is 16.5. The summed E-state index contributed by atoms with van der Waals surface area (Å²) in [4.78, 5) is 18.3. The van der Waals surface area contributed by atoms with E-state index in [0.717, 1.165) is 22.7 Å². The number of rotatable bonds is 10. The van der Waals surface area contributed by atoms with Crippen LogP contribution in [-0.4, -0.2) is 47.7 Å². The molecule has 4 rings (SSSR count). The lowest BCUT2D eigenvalue weighted by molar-refractivity contribution is -0.832. The van der Waals surface area contributed by atoms with E-state index < -0.39 is 14.2 Å². The van der Waals surface area contributed by atoms with Crippen molar-refractivity contribution in [2.24, 2.45) is 5.92 Å². The highest BCUT2D eigenvalue weighted by molar-refractivity contribution is 6.76. The van der Waals surface area contributed by atoms with E-state index >= 15 is 0 Å². The standard InChI is InChI=1S/C26H36N6O3Si/c1-36(2,3)13-12-34-19-32-30-25(29-31-32)23-14-22(17-27-18-23)21-10-7-11-24(15-21)35-26(33)28-16-20-8-5-4-6-9-20/h7,10-11,14-15,17-18,20H,4-6,8-9,12-13,16,19H2,1-3H3,(H,28,33)/p+1. The van der Waals surface area contributed by atoms with Gasteiger partial charge in [-0.1, -0.05) is 51.0 Å². The maximum absolute atomic E-state index is 12.3. The summed E-state index contributed by atoms with van der Waals surface area (Å²) in [5.41, 5.74) is 2.55. The maximum atomic E-state index is 12.3. The first-order chi connectivity index (χ1) is 17.4. The molecular formula is C26H37N6O3Si+. The van der Waals surface area contributed by atoms with E-state index in [0.29, 0.717) is 37.4 Å². The Morgan fingerprint density at radius 2 is 1.92 bits per heavy atom. The summed E-state index contributed by atoms with van der Waals surface area (Å²) in [6, 6.07) is 10.5. The van der Waals surface area contributed by atoms with Gasteiger partial charge >= 0.3 is 11.9 Å². The molecule has 1 amide bonds. The highest BCUT2D eigenvalue weighted by atomic mass is 28.3. The molecule has 0 radical (unpaired) electrons. The minimum atomic E-state index is -1.13. The summed E-state index contributed by atoms with van der Waals surface area (Å²) in [6.07, 6.45) is 9.22. The summed E-state index contributed by atoms with van der Waals surface area (Å²) < 4.78 is 11.3. The fourth-order valence-corrected chi connectivity index (χ4v) is 4.95. The second-order valence-corrected chi connectivity index (χ2v) is 16.3. The average Bonchev–Trinajstić information content (AvgIpc) is 3.35. The second-order valence-electron chi connectivity index (χ2n) is 10.6. The third-order valence-electron chi connectivity index (χ3n) is 6.33. The van der Waals surface area contributed by atoms with E-state index in [1.165, 1.54) is 32.1 Å². The van der Waals surface area contributed by atoms with Crippen LogP contribution in [-0.2, 0) is 11.5 Å². The van der Waals surface area contributed by atoms with Crippen LogP contribution in [0.5, 0.6) is 5.75 Å². The van der Waals surface area contributed by atoms with Crippen molar-refractivity contribution in [1.82, 2.24) is 25.7 Å². The molecule has 3 aromatic rings. The number of nitrogens with zero attached hydrogens (tertiary/aromatic N) is 4. The third-order valence-corrected chi connectivity index (χ3v) is 8.04. The van der Waals surface area contributed by atoms with Gasteiger partial charge in [0.15, 0.2) is 0 Å². The number of ether oxygens (including phenoxy) is 2. The molecule has 0 unspecified atom stereocenters. The number of tetrazole rings is 1. The molecule has 0 aliphatic heterocycles. The fraction of sp³-hybridized carbons (Fsp3) is 0.500. The molecular weight excluding hydrogens is 472 g/mol. The minimum absolute atomic E-state index is 0.326. The summed E-state index contributed by atoms with van der Waals surface area (Å²) in [5.74, 6) is 1.58. The molecule has 9 nitrogen and oxygen atoms in total. The van der Waals surface area contributed by atoms with Crippen molar-refractivity contribution in [2.45, 2.75) is 64.5 Å². The van der Waals surface area contributed by atoms with E-state index in [-0.39, 0.29) is 0 Å². The van der Waals surface area contributed by atoms with Gasteiger partial charge in [-0.15, -0.1) is 0 Å². The number of pyridine rings is 1. The Kier molecular flexibility index (Phi) is 8.82. The van der Waals surface area contributed by atoms with Gasteiger partial charge in [0.25, 0.3) is 0 Å². The van der Waals surface area contributed by atoms with Crippen LogP contribution in [0.25, 0.3) is 22.5 Å². The molecule has 36 heavy (non-hydrogen) atoms. The summed E-state index contributed by atoms with van der Waals surface area (Å²) in [6.45, 7) is 8.69. The predicted molar refractivity (Wildman–Crippen MR) is 140 cm³/mol. The van der Waals surface area contributed by atoms with Gasteiger partial charge in [-0.3, -0.25) is 4.98 Å². The van der Waals surface area contributed by atoms with Crippen LogP contribution in [0.4, 0.5) is 4.79 Å². The van der Waals surface area contributed by atoms with Crippen LogP contribution < -0.4 is 14.9 Å². The van der Waals surface area contributed by atoms with Crippen LogP contribution >= 0.6 is 0 Å². The molecule has 1 aliphatic carbocycles. The molecule has 0 saturated heterocycles. The van der Waals surface area contributed by atoms with Crippen molar-refractivity contribution in [2.75, 3.05) is 13.2 Å². The smallest absolute Gasteiger partial charge is 0.410 e. The number of hydrogen-bond donors (Lipinski definition) is 2. The quantitative estimate of drug-likeness (QED) is 0.231. The molecule has 1 aliphatic rings. The van der Waals surface area contributed by atoms with Crippen molar-refractivity contribution in [3.8, 4) is 28.3 Å². The van der Waals surface area contributed by atoms with E-state index in [9.17, 15) is 4.79 Å². The number of hydrogen-bond acceptors (Lipinski definition) is 6. The summed E-state index contributed by atoms with van der Waals surface area (Å²) in [7, 11) is -1.13. The van der Waals surface area contributed by atoms with Crippen LogP contribution in [0.2, 0.25) is 25.7 Å². The van der Waals surface area contributed by atoms with Gasteiger partial charge in [0, 0.05) is 39.2 Å². The number of carbonyl (C=O) groups excluding carboxylic acids is 1. The highest BCUT2D eigenvalue weighted by Gasteiger charge is 2.18. The van der Waals surface area contributed by atoms with Gasteiger partial charge in [0.2, 0.25) is 6.73 Å². The van der Waals surface area contributed by atoms with Crippen molar-refractivity contribution in [3.05, 3.63) is 42.7 Å². The van der Waals surface area contributed by atoms with Gasteiger partial charge in [0.1, 0.15) is 5.75 Å². The summed E-state index contributed by atoms with van der Waals surface area (Å²) >= 11 is 0. The van der Waals surface area contributed by atoms with Gasteiger partial charge in [-0.05, 0) is 63.7 Å². The van der Waals surface area contributed by atoms with Crippen LogP contribution in [0, 0.1) is 5.92 Å². The Morgan fingerprint density at radius 3 is 2.72 bits per heavy atom. The lowest BCUT2D eigenvalue weighted by atomic mass is 9.89. The zero-order valence-electron chi connectivity index (χ0n) is 21.5. The molecule has 2 N–H and O–H groups in total. The predicted octanol–water partition coefficient (Wildman–Crippen LogP) is 4.80. The number of aromatic nitrogens is 5. The zero-order valence-corrected chi connectivity index (χ0v) is 22.5. The molecule has 1 aromatic carbocycles. The molecule has 10 heteroatoms. The van der Waals surface area contributed by atoms with E-state index in [4.69, 9.17) is 9.47 Å². The highest BCUT2D eigenvalue weighted by Crippen LogP contribution is 2.26. The number of benzene rings is 1. The average molecular weight is 510 g/mol. The Morgan fingerprint density at radius 1 is 1.11 bits per heavy atom. The van der Waals surface area contributed by atoms with E-state index in [1.54, 1.807) is 23.3 Å². The Bertz CT molecular complexity index is 1140. The fourth-order valence-electron chi connectivity index (χ4n) is 4.19. The minimum Gasteiger partial charge on any atom is -0.410 e. The third kappa shape index (κ3) is 7.96. The van der Waals surface area contributed by atoms with Crippen LogP contribution in [0.1, 0.15) is 32.1 Å². The molecule has 0 spiro atoms. The lowest BCUT2D eigenvalue weighted by Crippen LogP contribution is -2.40. The topological polar surface area (TPSA) is 106 Å². The number of amides is 1. The van der Waals surface area contributed by atoms with Gasteiger partial charge in [0.05, 0.1) is 10.7 Å². The first kappa shape index (κ1) is 26.0. The summed E-state index contributed by atoms with van der Waals surface area (Å²) in [5, 5.41) is 14.6. The van der Waals surface area contributed by atoms with Crippen molar-refractivity contribution in [3.63, 3.8) is 0 Å². The van der Waals surface area contributed by atoms with Gasteiger partial charge < -0.3 is 14.8 Å². The Hall–Kier alpha value is -3.11.